The van der Waals surface area contributed by atoms with Gasteiger partial charge in [-0.3, -0.25) is 14.4 Å². The Morgan fingerprint density at radius 2 is 1.68 bits per heavy atom. The first-order valence-corrected chi connectivity index (χ1v) is 13.8. The van der Waals surface area contributed by atoms with Crippen LogP contribution in [0.1, 0.15) is 57.7 Å². The van der Waals surface area contributed by atoms with Gasteiger partial charge in [0, 0.05) is 11.7 Å². The molecule has 0 aromatic heterocycles. The van der Waals surface area contributed by atoms with Crippen molar-refractivity contribution >= 4 is 40.3 Å². The smallest absolute Gasteiger partial charge is 0.408 e. The SMILES string of the molecule is Cc1cccc(C(C(=O)Nc2ccc3ccccc3c2)N(C(=O)C(CC(N)=O)NC(=O)OC(C)(C)C)C2CC2C)c1. The molecular formula is C32H38N4O5. The van der Waals surface area contributed by atoms with E-state index >= 15 is 0 Å². The number of nitrogens with one attached hydrogen (secondary N) is 2. The van der Waals surface area contributed by atoms with Crippen LogP contribution in [-0.2, 0) is 19.1 Å². The molecule has 4 unspecified atom stereocenters. The van der Waals surface area contributed by atoms with E-state index in [1.807, 2.05) is 74.5 Å². The predicted octanol–water partition coefficient (Wildman–Crippen LogP) is 4.83. The van der Waals surface area contributed by atoms with Gasteiger partial charge in [-0.2, -0.15) is 0 Å². The zero-order chi connectivity index (χ0) is 29.9. The van der Waals surface area contributed by atoms with Gasteiger partial charge in [-0.05, 0) is 68.5 Å². The van der Waals surface area contributed by atoms with E-state index in [1.54, 1.807) is 26.8 Å². The van der Waals surface area contributed by atoms with Crippen molar-refractivity contribution in [3.63, 3.8) is 0 Å². The van der Waals surface area contributed by atoms with Crippen molar-refractivity contribution in [2.24, 2.45) is 11.7 Å². The lowest BCUT2D eigenvalue weighted by Gasteiger charge is -2.35. The molecule has 216 valence electrons. The quantitative estimate of drug-likeness (QED) is 0.346. The van der Waals surface area contributed by atoms with E-state index in [9.17, 15) is 19.2 Å². The van der Waals surface area contributed by atoms with Crippen LogP contribution >= 0.6 is 0 Å². The molecule has 3 aromatic carbocycles. The van der Waals surface area contributed by atoms with Crippen LogP contribution in [0.15, 0.2) is 66.7 Å². The summed E-state index contributed by atoms with van der Waals surface area (Å²) in [5.41, 5.74) is 6.79. The number of nitrogens with two attached hydrogens (primary N) is 1. The van der Waals surface area contributed by atoms with Gasteiger partial charge in [-0.15, -0.1) is 0 Å². The monoisotopic (exact) mass is 558 g/mol. The summed E-state index contributed by atoms with van der Waals surface area (Å²) in [5.74, 6) is -1.64. The Hall–Kier alpha value is -4.40. The second-order valence-corrected chi connectivity index (χ2v) is 11.8. The molecule has 0 heterocycles. The second kappa shape index (κ2) is 12.0. The molecule has 1 saturated carbocycles. The third-order valence-corrected chi connectivity index (χ3v) is 6.97. The first-order valence-electron chi connectivity index (χ1n) is 13.8. The van der Waals surface area contributed by atoms with Gasteiger partial charge in [0.2, 0.25) is 11.8 Å². The molecule has 4 rings (SSSR count). The van der Waals surface area contributed by atoms with Crippen molar-refractivity contribution in [1.82, 2.24) is 10.2 Å². The topological polar surface area (TPSA) is 131 Å². The lowest BCUT2D eigenvalue weighted by atomic mass is 9.99. The van der Waals surface area contributed by atoms with Crippen molar-refractivity contribution in [3.05, 3.63) is 77.9 Å². The van der Waals surface area contributed by atoms with Crippen molar-refractivity contribution in [2.45, 2.75) is 71.2 Å². The third-order valence-electron chi connectivity index (χ3n) is 6.97. The first kappa shape index (κ1) is 29.6. The Labute approximate surface area is 240 Å². The summed E-state index contributed by atoms with van der Waals surface area (Å²) in [6.45, 7) is 8.99. The average Bonchev–Trinajstić information content (AvgIpc) is 3.60. The molecule has 0 aliphatic heterocycles. The van der Waals surface area contributed by atoms with Crippen molar-refractivity contribution < 1.29 is 23.9 Å². The number of carbonyl (C=O) groups excluding carboxylic acids is 4. The maximum atomic E-state index is 14.2. The van der Waals surface area contributed by atoms with Gasteiger partial charge in [-0.25, -0.2) is 4.79 Å². The second-order valence-electron chi connectivity index (χ2n) is 11.8. The zero-order valence-electron chi connectivity index (χ0n) is 24.1. The summed E-state index contributed by atoms with van der Waals surface area (Å²) in [5, 5.41) is 7.52. The molecule has 9 nitrogen and oxygen atoms in total. The number of hydrogen-bond donors (Lipinski definition) is 3. The van der Waals surface area contributed by atoms with Gasteiger partial charge in [0.05, 0.1) is 6.42 Å². The maximum Gasteiger partial charge on any atom is 0.408 e. The zero-order valence-corrected chi connectivity index (χ0v) is 24.1. The minimum absolute atomic E-state index is 0.121. The largest absolute Gasteiger partial charge is 0.444 e. The van der Waals surface area contributed by atoms with E-state index in [0.29, 0.717) is 17.7 Å². The molecule has 0 spiro atoms. The van der Waals surface area contributed by atoms with E-state index < -0.39 is 47.9 Å². The fraction of sp³-hybridized carbons (Fsp3) is 0.375. The molecule has 1 aliphatic carbocycles. The van der Waals surface area contributed by atoms with E-state index in [0.717, 1.165) is 16.3 Å². The van der Waals surface area contributed by atoms with Crippen LogP contribution in [0.25, 0.3) is 10.8 Å². The van der Waals surface area contributed by atoms with Gasteiger partial charge in [0.15, 0.2) is 0 Å². The number of ether oxygens (including phenoxy) is 1. The van der Waals surface area contributed by atoms with Crippen LogP contribution in [0, 0.1) is 12.8 Å². The fourth-order valence-electron chi connectivity index (χ4n) is 4.96. The third kappa shape index (κ3) is 7.63. The highest BCUT2D eigenvalue weighted by atomic mass is 16.6. The Kier molecular flexibility index (Phi) is 8.66. The highest BCUT2D eigenvalue weighted by Crippen LogP contribution is 2.41. The summed E-state index contributed by atoms with van der Waals surface area (Å²) in [7, 11) is 0. The van der Waals surface area contributed by atoms with Crippen molar-refractivity contribution in [2.75, 3.05) is 5.32 Å². The molecule has 0 radical (unpaired) electrons. The number of amides is 4. The van der Waals surface area contributed by atoms with Gasteiger partial charge in [-0.1, -0.05) is 67.1 Å². The van der Waals surface area contributed by atoms with E-state index in [2.05, 4.69) is 10.6 Å². The van der Waals surface area contributed by atoms with Gasteiger partial charge < -0.3 is 26.0 Å². The number of rotatable bonds is 9. The number of nitrogens with zero attached hydrogens (tertiary/aromatic N) is 1. The minimum atomic E-state index is -1.31. The highest BCUT2D eigenvalue weighted by Gasteiger charge is 2.48. The van der Waals surface area contributed by atoms with E-state index in [-0.39, 0.29) is 12.0 Å². The summed E-state index contributed by atoms with van der Waals surface area (Å²) in [4.78, 5) is 54.5. The summed E-state index contributed by atoms with van der Waals surface area (Å²) in [6, 6.07) is 18.2. The van der Waals surface area contributed by atoms with Gasteiger partial charge >= 0.3 is 6.09 Å². The number of benzene rings is 3. The van der Waals surface area contributed by atoms with Crippen LogP contribution in [-0.4, -0.2) is 46.4 Å². The molecule has 4 amide bonds. The molecule has 41 heavy (non-hydrogen) atoms. The van der Waals surface area contributed by atoms with Gasteiger partial charge in [0.25, 0.3) is 5.91 Å². The molecule has 1 aliphatic rings. The molecule has 9 heteroatoms. The molecule has 0 saturated heterocycles. The van der Waals surface area contributed by atoms with Crippen LogP contribution in [0.3, 0.4) is 0 Å². The van der Waals surface area contributed by atoms with Crippen LogP contribution in [0.5, 0.6) is 0 Å². The number of alkyl carbamates (subject to hydrolysis) is 1. The number of anilines is 1. The Morgan fingerprint density at radius 3 is 2.29 bits per heavy atom. The lowest BCUT2D eigenvalue weighted by Crippen LogP contribution is -2.54. The first-order chi connectivity index (χ1) is 19.3. The van der Waals surface area contributed by atoms with E-state index in [1.165, 1.54) is 4.90 Å². The normalized spacial score (nSPS) is 17.7. The average molecular weight is 559 g/mol. The number of fused-ring (bicyclic) bond motifs is 1. The van der Waals surface area contributed by atoms with Gasteiger partial charge in [0.1, 0.15) is 17.7 Å². The predicted molar refractivity (Wildman–Crippen MR) is 158 cm³/mol. The molecule has 1 fully saturated rings. The van der Waals surface area contributed by atoms with Crippen LogP contribution in [0.4, 0.5) is 10.5 Å². The van der Waals surface area contributed by atoms with Crippen molar-refractivity contribution in [1.29, 1.82) is 0 Å². The molecule has 4 atom stereocenters. The number of aryl methyl sites for hydroxylation is 1. The molecule has 0 bridgehead atoms. The summed E-state index contributed by atoms with van der Waals surface area (Å²) < 4.78 is 5.35. The molecule has 3 aromatic rings. The standard InChI is InChI=1S/C32H38N4O5/c1-19-9-8-12-23(15-19)28(29(38)34-24-14-13-21-10-6-7-11-22(21)17-24)36(26-16-20(26)2)30(39)25(18-27(33)37)35-31(40)41-32(3,4)5/h6-15,17,20,25-26,28H,16,18H2,1-5H3,(H2,33,37)(H,34,38)(H,35,40). The van der Waals surface area contributed by atoms with E-state index in [4.69, 9.17) is 10.5 Å². The Bertz CT molecular complexity index is 1460. The Balaban J connectivity index is 1.72. The summed E-state index contributed by atoms with van der Waals surface area (Å²) >= 11 is 0. The lowest BCUT2D eigenvalue weighted by molar-refractivity contribution is -0.142. The minimum Gasteiger partial charge on any atom is -0.444 e. The molecule has 4 N–H and O–H groups in total. The number of carbonyl (C=O) groups is 4. The molecular weight excluding hydrogens is 520 g/mol. The number of hydrogen-bond acceptors (Lipinski definition) is 5. The van der Waals surface area contributed by atoms with Crippen LogP contribution < -0.4 is 16.4 Å². The number of primary amides is 1. The maximum absolute atomic E-state index is 14.2. The van der Waals surface area contributed by atoms with Crippen molar-refractivity contribution in [3.8, 4) is 0 Å². The van der Waals surface area contributed by atoms with Crippen LogP contribution in [0.2, 0.25) is 0 Å². The Morgan fingerprint density at radius 1 is 1.00 bits per heavy atom. The fourth-order valence-corrected chi connectivity index (χ4v) is 4.96. The highest BCUT2D eigenvalue weighted by molar-refractivity contribution is 6.01. The summed E-state index contributed by atoms with van der Waals surface area (Å²) in [6.07, 6.45) is -0.621.